The van der Waals surface area contributed by atoms with E-state index in [4.69, 9.17) is 0 Å². The molecule has 2 heterocycles. The van der Waals surface area contributed by atoms with Gasteiger partial charge in [0.25, 0.3) is 0 Å². The second kappa shape index (κ2) is 5.47. The van der Waals surface area contributed by atoms with Crippen LogP contribution in [0.2, 0.25) is 0 Å². The van der Waals surface area contributed by atoms with E-state index in [-0.39, 0.29) is 6.04 Å². The number of rotatable bonds is 5. The molecule has 2 aliphatic heterocycles. The summed E-state index contributed by atoms with van der Waals surface area (Å²) in [6, 6.07) is 1.98. The number of sulfone groups is 1. The number of hydrogen-bond acceptors (Lipinski definition) is 4. The Balaban J connectivity index is 2.00. The van der Waals surface area contributed by atoms with Crippen LogP contribution in [-0.4, -0.2) is 56.0 Å². The van der Waals surface area contributed by atoms with E-state index in [9.17, 15) is 8.42 Å². The third-order valence-electron chi connectivity index (χ3n) is 4.34. The minimum absolute atomic E-state index is 0.167. The van der Waals surface area contributed by atoms with E-state index in [1.807, 2.05) is 0 Å². The molecule has 1 N–H and O–H groups in total. The summed E-state index contributed by atoms with van der Waals surface area (Å²) in [5.41, 5.74) is 0. The SMILES string of the molecule is CCNC1CC2CCC(C1)N2C(C)CS(C)(=O)=O. The highest BCUT2D eigenvalue weighted by Crippen LogP contribution is 2.37. The average Bonchev–Trinajstić information content (AvgIpc) is 2.49. The monoisotopic (exact) mass is 274 g/mol. The van der Waals surface area contributed by atoms with Crippen molar-refractivity contribution in [1.82, 2.24) is 10.2 Å². The molecule has 3 unspecified atom stereocenters. The topological polar surface area (TPSA) is 49.4 Å². The van der Waals surface area contributed by atoms with E-state index < -0.39 is 9.84 Å². The summed E-state index contributed by atoms with van der Waals surface area (Å²) in [5, 5.41) is 3.55. The molecule has 2 fully saturated rings. The molecule has 2 saturated heterocycles. The Morgan fingerprint density at radius 1 is 1.28 bits per heavy atom. The lowest BCUT2D eigenvalue weighted by atomic mass is 9.96. The number of fused-ring (bicyclic) bond motifs is 2. The molecule has 2 aliphatic rings. The number of nitrogens with one attached hydrogen (secondary N) is 1. The van der Waals surface area contributed by atoms with Gasteiger partial charge in [0.15, 0.2) is 0 Å². The highest BCUT2D eigenvalue weighted by Gasteiger charge is 2.42. The molecule has 0 aromatic rings. The summed E-state index contributed by atoms with van der Waals surface area (Å²) in [7, 11) is -2.87. The summed E-state index contributed by atoms with van der Waals surface area (Å²) in [6.45, 7) is 5.25. The number of nitrogens with zero attached hydrogens (tertiary/aromatic N) is 1. The van der Waals surface area contributed by atoms with Crippen molar-refractivity contribution in [2.45, 2.75) is 63.7 Å². The van der Waals surface area contributed by atoms with Gasteiger partial charge in [-0.15, -0.1) is 0 Å². The van der Waals surface area contributed by atoms with E-state index >= 15 is 0 Å². The summed E-state index contributed by atoms with van der Waals surface area (Å²) in [4.78, 5) is 2.48. The van der Waals surface area contributed by atoms with Crippen LogP contribution in [0.5, 0.6) is 0 Å². The van der Waals surface area contributed by atoms with Gasteiger partial charge in [0.2, 0.25) is 0 Å². The highest BCUT2D eigenvalue weighted by molar-refractivity contribution is 7.90. The number of hydrogen-bond donors (Lipinski definition) is 1. The smallest absolute Gasteiger partial charge is 0.148 e. The van der Waals surface area contributed by atoms with Crippen molar-refractivity contribution < 1.29 is 8.42 Å². The molecule has 0 amide bonds. The quantitative estimate of drug-likeness (QED) is 0.813. The molecule has 106 valence electrons. The Morgan fingerprint density at radius 3 is 2.28 bits per heavy atom. The van der Waals surface area contributed by atoms with Gasteiger partial charge in [0.05, 0.1) is 5.75 Å². The maximum Gasteiger partial charge on any atom is 0.148 e. The zero-order chi connectivity index (χ0) is 13.3. The first-order valence-corrected chi connectivity index (χ1v) is 9.15. The zero-order valence-corrected chi connectivity index (χ0v) is 12.5. The fourth-order valence-corrected chi connectivity index (χ4v) is 4.96. The van der Waals surface area contributed by atoms with E-state index in [1.54, 1.807) is 0 Å². The van der Waals surface area contributed by atoms with Crippen LogP contribution in [-0.2, 0) is 9.84 Å². The van der Waals surface area contributed by atoms with Crippen LogP contribution in [0, 0.1) is 0 Å². The molecule has 2 rings (SSSR count). The van der Waals surface area contributed by atoms with Crippen molar-refractivity contribution in [3.63, 3.8) is 0 Å². The normalized spacial score (nSPS) is 34.7. The van der Waals surface area contributed by atoms with Gasteiger partial charge in [0.1, 0.15) is 9.84 Å². The summed E-state index contributed by atoms with van der Waals surface area (Å²) in [6.07, 6.45) is 6.18. The van der Waals surface area contributed by atoms with Crippen molar-refractivity contribution in [2.24, 2.45) is 0 Å². The minimum atomic E-state index is -2.87. The Kier molecular flexibility index (Phi) is 4.34. The molecule has 3 atom stereocenters. The Bertz CT molecular complexity index is 368. The van der Waals surface area contributed by atoms with Crippen LogP contribution in [0.25, 0.3) is 0 Å². The molecule has 0 saturated carbocycles. The summed E-state index contributed by atoms with van der Waals surface area (Å²) in [5.74, 6) is 0.297. The predicted octanol–water partition coefficient (Wildman–Crippen LogP) is 1.02. The summed E-state index contributed by atoms with van der Waals surface area (Å²) >= 11 is 0. The van der Waals surface area contributed by atoms with E-state index in [2.05, 4.69) is 24.1 Å². The maximum absolute atomic E-state index is 11.4. The third kappa shape index (κ3) is 3.25. The molecule has 2 bridgehead atoms. The van der Waals surface area contributed by atoms with Gasteiger partial charge < -0.3 is 5.32 Å². The fourth-order valence-electron chi connectivity index (χ4n) is 3.91. The van der Waals surface area contributed by atoms with Crippen LogP contribution in [0.15, 0.2) is 0 Å². The standard InChI is InChI=1S/C13H26N2O2S/c1-4-14-11-7-12-5-6-13(8-11)15(12)10(2)9-18(3,16)17/h10-14H,4-9H2,1-3H3. The third-order valence-corrected chi connectivity index (χ3v) is 5.42. The molecule has 4 nitrogen and oxygen atoms in total. The van der Waals surface area contributed by atoms with E-state index in [0.717, 1.165) is 6.54 Å². The second-order valence-electron chi connectivity index (χ2n) is 6.00. The maximum atomic E-state index is 11.4. The Labute approximate surface area is 111 Å². The Morgan fingerprint density at radius 2 is 1.83 bits per heavy atom. The first kappa shape index (κ1) is 14.3. The molecule has 0 radical (unpaired) electrons. The first-order chi connectivity index (χ1) is 8.40. The van der Waals surface area contributed by atoms with Crippen LogP contribution < -0.4 is 5.32 Å². The van der Waals surface area contributed by atoms with Crippen molar-refractivity contribution in [2.75, 3.05) is 18.6 Å². The van der Waals surface area contributed by atoms with Crippen molar-refractivity contribution in [3.05, 3.63) is 0 Å². The lowest BCUT2D eigenvalue weighted by Crippen LogP contribution is -2.53. The molecule has 0 aliphatic carbocycles. The van der Waals surface area contributed by atoms with Gasteiger partial charge in [-0.25, -0.2) is 8.42 Å². The fraction of sp³-hybridized carbons (Fsp3) is 1.00. The molecule has 0 spiro atoms. The second-order valence-corrected chi connectivity index (χ2v) is 8.18. The van der Waals surface area contributed by atoms with Gasteiger partial charge in [-0.1, -0.05) is 6.92 Å². The van der Waals surface area contributed by atoms with Gasteiger partial charge in [0, 0.05) is 30.4 Å². The first-order valence-electron chi connectivity index (χ1n) is 7.09. The largest absolute Gasteiger partial charge is 0.314 e. The number of piperidine rings is 1. The van der Waals surface area contributed by atoms with E-state index in [0.29, 0.717) is 23.9 Å². The van der Waals surface area contributed by atoms with Gasteiger partial charge in [-0.3, -0.25) is 4.90 Å². The molecular weight excluding hydrogens is 248 g/mol. The van der Waals surface area contributed by atoms with E-state index in [1.165, 1.54) is 31.9 Å². The molecule has 0 aromatic heterocycles. The van der Waals surface area contributed by atoms with Gasteiger partial charge >= 0.3 is 0 Å². The predicted molar refractivity (Wildman–Crippen MR) is 74.5 cm³/mol. The van der Waals surface area contributed by atoms with Gasteiger partial charge in [-0.05, 0) is 39.2 Å². The molecular formula is C13H26N2O2S. The average molecular weight is 274 g/mol. The summed E-state index contributed by atoms with van der Waals surface area (Å²) < 4.78 is 22.9. The highest BCUT2D eigenvalue weighted by atomic mass is 32.2. The van der Waals surface area contributed by atoms with Gasteiger partial charge in [-0.2, -0.15) is 0 Å². The van der Waals surface area contributed by atoms with Crippen molar-refractivity contribution >= 4 is 9.84 Å². The zero-order valence-electron chi connectivity index (χ0n) is 11.7. The van der Waals surface area contributed by atoms with Crippen LogP contribution in [0.4, 0.5) is 0 Å². The molecule has 0 aromatic carbocycles. The molecule has 18 heavy (non-hydrogen) atoms. The minimum Gasteiger partial charge on any atom is -0.314 e. The lowest BCUT2D eigenvalue weighted by molar-refractivity contribution is 0.0867. The van der Waals surface area contributed by atoms with Crippen molar-refractivity contribution in [1.29, 1.82) is 0 Å². The van der Waals surface area contributed by atoms with Crippen molar-refractivity contribution in [3.8, 4) is 0 Å². The van der Waals surface area contributed by atoms with Crippen LogP contribution in [0.1, 0.15) is 39.5 Å². The Hall–Kier alpha value is -0.130. The van der Waals surface area contributed by atoms with Crippen LogP contribution >= 0.6 is 0 Å². The molecule has 5 heteroatoms. The lowest BCUT2D eigenvalue weighted by Gasteiger charge is -2.42. The van der Waals surface area contributed by atoms with Crippen LogP contribution in [0.3, 0.4) is 0 Å².